The Morgan fingerprint density at radius 1 is 0.296 bits per heavy atom. The molecule has 0 aliphatic heterocycles. The van der Waals surface area contributed by atoms with Crippen LogP contribution < -0.4 is 90.2 Å². The van der Waals surface area contributed by atoms with E-state index in [1.807, 2.05) is 0 Å². The second kappa shape index (κ2) is 84.3. The number of urea groups is 1. The van der Waals surface area contributed by atoms with E-state index < -0.39 is 72.4 Å². The van der Waals surface area contributed by atoms with E-state index in [0.29, 0.717) is 38.5 Å². The zero-order valence-electron chi connectivity index (χ0n) is 71.3. The van der Waals surface area contributed by atoms with Crippen LogP contribution in [0.3, 0.4) is 0 Å². The molecule has 0 aromatic rings. The molecule has 0 bridgehead atoms. The number of carbonyl (C=O) groups excluding carboxylic acids is 5. The molecular formula is C85H166N4Na2O15P2. The largest absolute Gasteiger partial charge is 1.00 e. The predicted octanol–water partition coefficient (Wildman–Crippen LogP) is 17.2. The van der Waals surface area contributed by atoms with Gasteiger partial charge in [-0.3, -0.25) is 28.3 Å². The molecule has 6 atom stereocenters. The van der Waals surface area contributed by atoms with E-state index in [0.717, 1.165) is 141 Å². The molecular weight excluding hydrogens is 1420 g/mol. The summed E-state index contributed by atoms with van der Waals surface area (Å²) in [6, 6.07) is -2.36. The van der Waals surface area contributed by atoms with Crippen molar-refractivity contribution in [3.05, 3.63) is 0 Å². The Kier molecular flexibility index (Phi) is 87.0. The molecule has 628 valence electrons. The number of unbranched alkanes of at least 4 members (excludes halogenated alkanes) is 50. The smallest absolute Gasteiger partial charge is 0.756 e. The fraction of sp³-hybridized carbons (Fsp3) is 0.941. The molecule has 0 spiro atoms. The Bertz CT molecular complexity index is 1970. The minimum absolute atomic E-state index is 0. The number of amides is 4. The first kappa shape index (κ1) is 112. The summed E-state index contributed by atoms with van der Waals surface area (Å²) in [5, 5.41) is 11.0. The van der Waals surface area contributed by atoms with Crippen molar-refractivity contribution in [2.45, 2.75) is 477 Å². The van der Waals surface area contributed by atoms with Gasteiger partial charge in [0.2, 0.25) is 11.8 Å². The van der Waals surface area contributed by atoms with Gasteiger partial charge in [0.25, 0.3) is 15.6 Å². The maximum atomic E-state index is 13.6. The first-order valence-electron chi connectivity index (χ1n) is 44.7. The van der Waals surface area contributed by atoms with Crippen LogP contribution in [0.2, 0.25) is 0 Å². The summed E-state index contributed by atoms with van der Waals surface area (Å²) in [5.74, 6) is -1.05. The maximum Gasteiger partial charge on any atom is 1.00 e. The first-order chi connectivity index (χ1) is 51.5. The van der Waals surface area contributed by atoms with Crippen molar-refractivity contribution in [3.8, 4) is 0 Å². The Balaban J connectivity index is -0.0000551. The normalized spacial score (nSPS) is 13.6. The molecule has 0 rings (SSSR count). The summed E-state index contributed by atoms with van der Waals surface area (Å²) >= 11 is 0. The van der Waals surface area contributed by atoms with Gasteiger partial charge in [-0.05, 0) is 51.4 Å². The van der Waals surface area contributed by atoms with Crippen molar-refractivity contribution in [3.63, 3.8) is 0 Å². The molecule has 0 aromatic heterocycles. The summed E-state index contributed by atoms with van der Waals surface area (Å²) in [6.07, 6.45) is 64.4. The summed E-state index contributed by atoms with van der Waals surface area (Å²) in [7, 11) is -9.98. The average Bonchev–Trinajstić information content (AvgIpc) is 0.901. The van der Waals surface area contributed by atoms with Gasteiger partial charge in [0.15, 0.2) is 0 Å². The molecule has 4 N–H and O–H groups in total. The third-order valence-corrected chi connectivity index (χ3v) is 22.2. The van der Waals surface area contributed by atoms with Crippen LogP contribution in [0.15, 0.2) is 0 Å². The molecule has 0 radical (unpaired) electrons. The van der Waals surface area contributed by atoms with Crippen LogP contribution in [0.5, 0.6) is 0 Å². The SMILES string of the molecule is CCCCCCCCCCCCCC(=O)N[C@@H](COP(=O)([O-])OCCNC(=O)NCCOP(=O)([O-])OC[C@@H](CC(CCCCCCCCCC)OC(=O)CCCCCCCCCCC)NC(=O)CCCCCCCCCCCCC)CC(CCCCCCCCCC)OC(=O)CCCCCCCCCCC.[Na+].[Na+]. The molecule has 4 amide bonds. The van der Waals surface area contributed by atoms with E-state index in [-0.39, 0.29) is 122 Å². The van der Waals surface area contributed by atoms with Crippen molar-refractivity contribution in [1.29, 1.82) is 0 Å². The van der Waals surface area contributed by atoms with E-state index in [1.54, 1.807) is 0 Å². The topological polar surface area (TPSA) is 269 Å². The number of phosphoric acid groups is 2. The summed E-state index contributed by atoms with van der Waals surface area (Å²) in [4.78, 5) is 93.3. The van der Waals surface area contributed by atoms with Crippen molar-refractivity contribution in [2.75, 3.05) is 39.5 Å². The number of rotatable bonds is 84. The molecule has 0 aliphatic carbocycles. The number of hydrogen-bond acceptors (Lipinski definition) is 15. The molecule has 0 aromatic carbocycles. The van der Waals surface area contributed by atoms with Crippen LogP contribution in [-0.4, -0.2) is 93.6 Å². The monoisotopic (exact) mass is 1590 g/mol. The van der Waals surface area contributed by atoms with Crippen LogP contribution in [0, 0.1) is 0 Å². The van der Waals surface area contributed by atoms with Crippen LogP contribution in [-0.2, 0) is 55.9 Å². The van der Waals surface area contributed by atoms with Gasteiger partial charge in [-0.15, -0.1) is 0 Å². The van der Waals surface area contributed by atoms with Gasteiger partial charge in [-0.2, -0.15) is 0 Å². The summed E-state index contributed by atoms with van der Waals surface area (Å²) in [6.45, 7) is 10.9. The van der Waals surface area contributed by atoms with E-state index in [9.17, 15) is 42.9 Å². The number of hydrogen-bond donors (Lipinski definition) is 4. The third-order valence-electron chi connectivity index (χ3n) is 20.3. The van der Waals surface area contributed by atoms with Gasteiger partial charge in [0.05, 0.1) is 38.5 Å². The second-order valence-corrected chi connectivity index (χ2v) is 33.6. The summed E-state index contributed by atoms with van der Waals surface area (Å²) in [5.41, 5.74) is 0. The zero-order chi connectivity index (χ0) is 77.8. The molecule has 0 heterocycles. The number of phosphoric ester groups is 2. The molecule has 0 fully saturated rings. The van der Waals surface area contributed by atoms with Crippen molar-refractivity contribution in [1.82, 2.24) is 21.3 Å². The van der Waals surface area contributed by atoms with E-state index in [2.05, 4.69) is 62.8 Å². The van der Waals surface area contributed by atoms with Crippen LogP contribution in [0.25, 0.3) is 0 Å². The van der Waals surface area contributed by atoms with E-state index in [4.69, 9.17) is 27.6 Å². The minimum Gasteiger partial charge on any atom is -0.756 e. The third kappa shape index (κ3) is 80.6. The van der Waals surface area contributed by atoms with Crippen LogP contribution in [0.4, 0.5) is 4.79 Å². The molecule has 4 unspecified atom stereocenters. The Labute approximate surface area is 707 Å². The fourth-order valence-electron chi connectivity index (χ4n) is 13.7. The Hall–Kier alpha value is -0.630. The number of carbonyl (C=O) groups is 5. The summed E-state index contributed by atoms with van der Waals surface area (Å²) < 4.78 is 60.0. The average molecular weight is 1590 g/mol. The van der Waals surface area contributed by atoms with Gasteiger partial charge >= 0.3 is 77.1 Å². The fourth-order valence-corrected chi connectivity index (χ4v) is 15.2. The Morgan fingerprint density at radius 2 is 0.509 bits per heavy atom. The van der Waals surface area contributed by atoms with E-state index in [1.165, 1.54) is 205 Å². The quantitative estimate of drug-likeness (QED) is 0.0191. The second-order valence-electron chi connectivity index (χ2n) is 30.8. The standard InChI is InChI=1S/C85H168N4O15P2.2Na/c1-7-13-19-25-31-37-39-43-47-53-59-65-81(90)88-77(73-79(63-57-51-45-35-29-23-17-11-5)103-83(92)67-61-55-49-41-33-27-21-15-9-3)75-101-105(95,96)99-71-69-86-85(94)87-70-72-100-106(97,98)102-76-78(89-82(91)66-60-54-48-44-40-38-32-26-20-14-8-2)74-80(64-58-52-46-36-30-24-18-12-6)104-84(93)68-62-56-50-42-34-28-22-16-10-4;;/h77-80H,7-76H2,1-6H3,(H,88,90)(H,89,91)(H,95,96)(H,97,98)(H2,86,87,94);;/q;2*+1/p-2/t77-,78-,79?,80?;;/m1../s1. The molecule has 0 saturated heterocycles. The zero-order valence-corrected chi connectivity index (χ0v) is 77.1. The number of esters is 2. The molecule has 23 heteroatoms. The van der Waals surface area contributed by atoms with Gasteiger partial charge in [-0.25, -0.2) is 4.79 Å². The van der Waals surface area contributed by atoms with Crippen LogP contribution in [0.1, 0.15) is 452 Å². The van der Waals surface area contributed by atoms with Gasteiger partial charge in [-0.1, -0.05) is 363 Å². The first-order valence-corrected chi connectivity index (χ1v) is 47.6. The van der Waals surface area contributed by atoms with Crippen molar-refractivity contribution < 1.29 is 130 Å². The Morgan fingerprint density at radius 3 is 0.750 bits per heavy atom. The maximum absolute atomic E-state index is 13.6. The minimum atomic E-state index is -4.99. The van der Waals surface area contributed by atoms with Crippen LogP contribution >= 0.6 is 15.6 Å². The predicted molar refractivity (Wildman–Crippen MR) is 434 cm³/mol. The molecule has 108 heavy (non-hydrogen) atoms. The molecule has 0 aliphatic rings. The van der Waals surface area contributed by atoms with Gasteiger partial charge in [0.1, 0.15) is 12.2 Å². The van der Waals surface area contributed by atoms with Crippen molar-refractivity contribution in [2.24, 2.45) is 0 Å². The number of ether oxygens (including phenoxy) is 2. The van der Waals surface area contributed by atoms with Gasteiger partial charge in [0, 0.05) is 51.6 Å². The molecule has 19 nitrogen and oxygen atoms in total. The van der Waals surface area contributed by atoms with E-state index >= 15 is 0 Å². The van der Waals surface area contributed by atoms with Crippen molar-refractivity contribution >= 4 is 45.4 Å². The molecule has 0 saturated carbocycles. The number of nitrogens with one attached hydrogen (secondary N) is 4. The van der Waals surface area contributed by atoms with Gasteiger partial charge < -0.3 is 58.6 Å².